The van der Waals surface area contributed by atoms with Crippen LogP contribution >= 0.6 is 35.1 Å². The molecule has 3 heterocycles. The number of carbonyl (C=O) groups is 1. The number of amidine groups is 1. The monoisotopic (exact) mass is 562 g/mol. The van der Waals surface area contributed by atoms with Gasteiger partial charge in [-0.05, 0) is 66.2 Å². The van der Waals surface area contributed by atoms with Crippen LogP contribution in [0, 0.1) is 0 Å². The van der Waals surface area contributed by atoms with Gasteiger partial charge in [0.15, 0.2) is 5.17 Å². The van der Waals surface area contributed by atoms with Gasteiger partial charge in [-0.1, -0.05) is 53.7 Å². The molecule has 3 aromatic rings. The molecule has 0 bridgehead atoms. The zero-order chi connectivity index (χ0) is 26.1. The Balaban J connectivity index is 1.30. The third-order valence-corrected chi connectivity index (χ3v) is 9.44. The molecule has 1 amide bonds. The molecule has 0 unspecified atom stereocenters. The van der Waals surface area contributed by atoms with Crippen molar-refractivity contribution in [2.75, 3.05) is 49.7 Å². The number of rotatable bonds is 5. The number of hydrogen-bond donors (Lipinski definition) is 0. The average molecular weight is 563 g/mol. The Labute approximate surface area is 236 Å². The van der Waals surface area contributed by atoms with Crippen molar-refractivity contribution >= 4 is 63.3 Å². The van der Waals surface area contributed by atoms with Crippen LogP contribution in [0.1, 0.15) is 5.56 Å². The molecule has 3 aliphatic heterocycles. The molecule has 0 atom stereocenters. The fourth-order valence-electron chi connectivity index (χ4n) is 4.69. The summed E-state index contributed by atoms with van der Waals surface area (Å²) in [6.07, 6.45) is 0.754. The molecule has 0 aliphatic carbocycles. The number of ether oxygens (including phenoxy) is 1. The van der Waals surface area contributed by atoms with Crippen molar-refractivity contribution in [1.82, 2.24) is 4.90 Å². The third-order valence-electron chi connectivity index (χ3n) is 6.77. The summed E-state index contributed by atoms with van der Waals surface area (Å²) in [4.78, 5) is 26.8. The van der Waals surface area contributed by atoms with E-state index in [1.54, 1.807) is 11.8 Å². The summed E-state index contributed by atoms with van der Waals surface area (Å²) in [7, 11) is 1.99. The van der Waals surface area contributed by atoms with E-state index in [4.69, 9.17) is 21.3 Å². The van der Waals surface area contributed by atoms with E-state index in [9.17, 15) is 4.79 Å². The number of halogens is 1. The van der Waals surface area contributed by atoms with E-state index in [1.165, 1.54) is 17.3 Å². The van der Waals surface area contributed by atoms with Gasteiger partial charge in [-0.25, -0.2) is 4.99 Å². The SMILES string of the molecule is CN1/C(=C2/SC(=Nc3ccc(N4CCOCC4)cc3)N(CCc3ccccc3)C2=O)Sc2ccc(Cl)cc21. The van der Waals surface area contributed by atoms with Gasteiger partial charge in [0.05, 0.1) is 29.6 Å². The van der Waals surface area contributed by atoms with Gasteiger partial charge in [-0.2, -0.15) is 0 Å². The van der Waals surface area contributed by atoms with E-state index in [0.717, 1.165) is 59.7 Å². The van der Waals surface area contributed by atoms with E-state index in [0.29, 0.717) is 21.6 Å². The van der Waals surface area contributed by atoms with Crippen LogP contribution in [0.5, 0.6) is 0 Å². The van der Waals surface area contributed by atoms with E-state index in [1.807, 2.05) is 60.5 Å². The Kier molecular flexibility index (Phi) is 7.39. The largest absolute Gasteiger partial charge is 0.378 e. The summed E-state index contributed by atoms with van der Waals surface area (Å²) in [5.74, 6) is -0.0112. The second kappa shape index (κ2) is 11.1. The first-order valence-corrected chi connectivity index (χ1v) is 14.6. The number of anilines is 2. The lowest BCUT2D eigenvalue weighted by atomic mass is 10.1. The van der Waals surface area contributed by atoms with Crippen LogP contribution in [0.25, 0.3) is 0 Å². The number of nitrogens with zero attached hydrogens (tertiary/aromatic N) is 4. The highest BCUT2D eigenvalue weighted by atomic mass is 35.5. The molecule has 6 nitrogen and oxygen atoms in total. The first-order valence-electron chi connectivity index (χ1n) is 12.6. The molecule has 2 saturated heterocycles. The van der Waals surface area contributed by atoms with Crippen LogP contribution in [-0.2, 0) is 16.0 Å². The number of morpholine rings is 1. The van der Waals surface area contributed by atoms with Gasteiger partial charge in [0.2, 0.25) is 0 Å². The molecule has 0 aromatic heterocycles. The predicted molar refractivity (Wildman–Crippen MR) is 159 cm³/mol. The lowest BCUT2D eigenvalue weighted by molar-refractivity contribution is -0.122. The highest BCUT2D eigenvalue weighted by Crippen LogP contribution is 2.50. The molecule has 6 rings (SSSR count). The van der Waals surface area contributed by atoms with Crippen LogP contribution in [0.3, 0.4) is 0 Å². The number of benzene rings is 3. The van der Waals surface area contributed by atoms with Crippen molar-refractivity contribution in [2.24, 2.45) is 4.99 Å². The maximum Gasteiger partial charge on any atom is 0.269 e. The summed E-state index contributed by atoms with van der Waals surface area (Å²) in [5.41, 5.74) is 4.20. The van der Waals surface area contributed by atoms with Gasteiger partial charge in [-0.3, -0.25) is 9.69 Å². The van der Waals surface area contributed by atoms with Crippen LogP contribution in [0.15, 0.2) is 92.6 Å². The molecule has 38 heavy (non-hydrogen) atoms. The van der Waals surface area contributed by atoms with Crippen LogP contribution in [0.2, 0.25) is 5.02 Å². The maximum atomic E-state index is 13.8. The zero-order valence-electron chi connectivity index (χ0n) is 21.0. The predicted octanol–water partition coefficient (Wildman–Crippen LogP) is 6.39. The van der Waals surface area contributed by atoms with E-state index < -0.39 is 0 Å². The van der Waals surface area contributed by atoms with Crippen molar-refractivity contribution in [3.8, 4) is 0 Å². The van der Waals surface area contributed by atoms with Crippen LogP contribution < -0.4 is 9.80 Å². The van der Waals surface area contributed by atoms with Gasteiger partial charge in [-0.15, -0.1) is 0 Å². The van der Waals surface area contributed by atoms with Crippen molar-refractivity contribution in [3.05, 3.63) is 93.3 Å². The van der Waals surface area contributed by atoms with Crippen LogP contribution in [0.4, 0.5) is 17.1 Å². The molecule has 0 spiro atoms. The smallest absolute Gasteiger partial charge is 0.269 e. The summed E-state index contributed by atoms with van der Waals surface area (Å²) in [6.45, 7) is 3.84. The standard InChI is InChI=1S/C29H27ClN4O2S2/c1-32-24-19-21(30)7-12-25(24)37-28(32)26-27(35)34(14-13-20-5-3-2-4-6-20)29(38-26)31-22-8-10-23(11-9-22)33-15-17-36-18-16-33/h2-12,19H,13-18H2,1H3/b28-26-,31-29?. The van der Waals surface area contributed by atoms with Crippen molar-refractivity contribution in [2.45, 2.75) is 11.3 Å². The van der Waals surface area contributed by atoms with Crippen LogP contribution in [-0.4, -0.2) is 55.9 Å². The van der Waals surface area contributed by atoms with E-state index >= 15 is 0 Å². The molecule has 0 saturated carbocycles. The molecule has 194 valence electrons. The molecule has 0 N–H and O–H groups in total. The zero-order valence-corrected chi connectivity index (χ0v) is 23.4. The molecule has 3 aliphatic rings. The van der Waals surface area contributed by atoms with Crippen molar-refractivity contribution in [3.63, 3.8) is 0 Å². The molecular formula is C29H27ClN4O2S2. The summed E-state index contributed by atoms with van der Waals surface area (Å²) in [5, 5.41) is 2.30. The van der Waals surface area contributed by atoms with E-state index in [-0.39, 0.29) is 5.91 Å². The molecule has 2 fully saturated rings. The lowest BCUT2D eigenvalue weighted by Crippen LogP contribution is -2.36. The number of hydrogen-bond acceptors (Lipinski definition) is 7. The van der Waals surface area contributed by atoms with Crippen molar-refractivity contribution < 1.29 is 9.53 Å². The Morgan fingerprint density at radius 1 is 0.974 bits per heavy atom. The van der Waals surface area contributed by atoms with Gasteiger partial charge in [0.1, 0.15) is 4.91 Å². The molecule has 9 heteroatoms. The fraction of sp³-hybridized carbons (Fsp3) is 0.241. The lowest BCUT2D eigenvalue weighted by Gasteiger charge is -2.28. The highest BCUT2D eigenvalue weighted by Gasteiger charge is 2.39. The van der Waals surface area contributed by atoms with Crippen molar-refractivity contribution in [1.29, 1.82) is 0 Å². The first kappa shape index (κ1) is 25.4. The number of fused-ring (bicyclic) bond motifs is 1. The minimum absolute atomic E-state index is 0.0112. The second-order valence-electron chi connectivity index (χ2n) is 9.21. The maximum absolute atomic E-state index is 13.8. The minimum atomic E-state index is -0.0112. The minimum Gasteiger partial charge on any atom is -0.378 e. The Morgan fingerprint density at radius 2 is 1.74 bits per heavy atom. The van der Waals surface area contributed by atoms with Gasteiger partial charge < -0.3 is 14.5 Å². The number of amides is 1. The molecular weight excluding hydrogens is 536 g/mol. The Morgan fingerprint density at radius 3 is 2.50 bits per heavy atom. The fourth-order valence-corrected chi connectivity index (χ4v) is 7.21. The number of aliphatic imine (C=N–C) groups is 1. The Bertz CT molecular complexity index is 1410. The van der Waals surface area contributed by atoms with Gasteiger partial charge in [0.25, 0.3) is 5.91 Å². The quantitative estimate of drug-likeness (QED) is 0.336. The summed E-state index contributed by atoms with van der Waals surface area (Å²) < 4.78 is 5.48. The third kappa shape index (κ3) is 5.18. The van der Waals surface area contributed by atoms with E-state index in [2.05, 4.69) is 34.1 Å². The summed E-state index contributed by atoms with van der Waals surface area (Å²) in [6, 6.07) is 24.3. The topological polar surface area (TPSA) is 48.4 Å². The normalized spacial score (nSPS) is 20.5. The van der Waals surface area contributed by atoms with Gasteiger partial charge in [0, 0.05) is 42.3 Å². The molecule has 3 aromatic carbocycles. The summed E-state index contributed by atoms with van der Waals surface area (Å²) >= 11 is 9.31. The number of thioether (sulfide) groups is 2. The average Bonchev–Trinajstić information content (AvgIpc) is 3.44. The van der Waals surface area contributed by atoms with Gasteiger partial charge >= 0.3 is 0 Å². The second-order valence-corrected chi connectivity index (χ2v) is 11.7. The first-order chi connectivity index (χ1) is 18.6. The highest BCUT2D eigenvalue weighted by molar-refractivity contribution is 8.19. The number of carbonyl (C=O) groups excluding carboxylic acids is 1. The Hall–Kier alpha value is -2.91. The molecule has 0 radical (unpaired) electrons.